The van der Waals surface area contributed by atoms with Crippen LogP contribution in [0.25, 0.3) is 0 Å². The molecule has 0 saturated carbocycles. The first kappa shape index (κ1) is 21.9. The number of benzene rings is 2. The van der Waals surface area contributed by atoms with E-state index in [1.807, 2.05) is 37.3 Å². The zero-order valence-corrected chi connectivity index (χ0v) is 19.5. The molecule has 4 nitrogen and oxygen atoms in total. The summed E-state index contributed by atoms with van der Waals surface area (Å²) < 4.78 is 1.75. The Morgan fingerprint density at radius 3 is 2.31 bits per heavy atom. The fourth-order valence-electron chi connectivity index (χ4n) is 2.70. The summed E-state index contributed by atoms with van der Waals surface area (Å²) in [5, 5.41) is 8.31. The Morgan fingerprint density at radius 1 is 1.00 bits per heavy atom. The van der Waals surface area contributed by atoms with Gasteiger partial charge in [0, 0.05) is 18.5 Å². The normalized spacial score (nSPS) is 12.2. The van der Waals surface area contributed by atoms with Gasteiger partial charge in [-0.15, -0.1) is 10.2 Å². The highest BCUT2D eigenvalue weighted by Gasteiger charge is 2.21. The van der Waals surface area contributed by atoms with Gasteiger partial charge in [0.2, 0.25) is 5.91 Å². The van der Waals surface area contributed by atoms with Gasteiger partial charge in [-0.2, -0.15) is 0 Å². The van der Waals surface area contributed by atoms with Crippen molar-refractivity contribution in [3.05, 3.63) is 65.7 Å². The van der Waals surface area contributed by atoms with Crippen molar-refractivity contribution in [3.63, 3.8) is 0 Å². The molecular formula is C22H25N3OS3. The molecular weight excluding hydrogens is 418 g/mol. The van der Waals surface area contributed by atoms with Crippen LogP contribution in [0.15, 0.2) is 63.3 Å². The predicted octanol–water partition coefficient (Wildman–Crippen LogP) is 6.10. The van der Waals surface area contributed by atoms with Crippen molar-refractivity contribution >= 4 is 46.5 Å². The Labute approximate surface area is 185 Å². The average Bonchev–Trinajstić information content (AvgIpc) is 3.19. The number of hydrogen-bond acceptors (Lipinski definition) is 6. The van der Waals surface area contributed by atoms with Gasteiger partial charge in [0.15, 0.2) is 8.68 Å². The number of anilines is 1. The Balaban J connectivity index is 1.53. The van der Waals surface area contributed by atoms with Crippen molar-refractivity contribution in [3.8, 4) is 0 Å². The predicted molar refractivity (Wildman–Crippen MR) is 125 cm³/mol. The minimum atomic E-state index is -0.227. The summed E-state index contributed by atoms with van der Waals surface area (Å²) in [6.07, 6.45) is 0. The molecule has 7 heteroatoms. The Hall–Kier alpha value is -1.83. The molecule has 3 aromatic rings. The lowest BCUT2D eigenvalue weighted by atomic mass is 10.0. The quantitative estimate of drug-likeness (QED) is 0.394. The smallest absolute Gasteiger partial charge is 0.240 e. The number of hydrogen-bond donors (Lipinski definition) is 0. The topological polar surface area (TPSA) is 46.1 Å². The monoisotopic (exact) mass is 443 g/mol. The molecule has 1 unspecified atom stereocenters. The number of nitrogens with zero attached hydrogens (tertiary/aromatic N) is 3. The lowest BCUT2D eigenvalue weighted by Crippen LogP contribution is -2.33. The minimum absolute atomic E-state index is 0.0517. The number of carbonyl (C=O) groups is 1. The minimum Gasteiger partial charge on any atom is -0.315 e. The first-order valence-corrected chi connectivity index (χ1v) is 12.2. The summed E-state index contributed by atoms with van der Waals surface area (Å²) >= 11 is 4.69. The Kier molecular flexibility index (Phi) is 7.75. The van der Waals surface area contributed by atoms with Gasteiger partial charge in [-0.3, -0.25) is 4.79 Å². The van der Waals surface area contributed by atoms with E-state index < -0.39 is 0 Å². The van der Waals surface area contributed by atoms with Gasteiger partial charge in [-0.25, -0.2) is 0 Å². The SMILES string of the molecule is CC(Sc1nnc(SCc2ccc(C(C)C)cc2)s1)C(=O)N(C)c1ccccc1. The van der Waals surface area contributed by atoms with Crippen LogP contribution in [0.4, 0.5) is 5.69 Å². The van der Waals surface area contributed by atoms with Crippen LogP contribution in [0.1, 0.15) is 37.8 Å². The second kappa shape index (κ2) is 10.3. The molecule has 0 aliphatic carbocycles. The van der Waals surface area contributed by atoms with E-state index in [-0.39, 0.29) is 11.2 Å². The second-order valence-corrected chi connectivity index (χ2v) is 10.8. The Bertz CT molecular complexity index is 926. The molecule has 1 amide bonds. The summed E-state index contributed by atoms with van der Waals surface area (Å²) in [6.45, 7) is 6.32. The average molecular weight is 444 g/mol. The molecule has 0 aliphatic rings. The maximum absolute atomic E-state index is 12.7. The summed E-state index contributed by atoms with van der Waals surface area (Å²) in [7, 11) is 1.81. The first-order chi connectivity index (χ1) is 13.9. The van der Waals surface area contributed by atoms with Gasteiger partial charge in [-0.1, -0.05) is 91.2 Å². The van der Waals surface area contributed by atoms with Crippen molar-refractivity contribution in [1.82, 2.24) is 10.2 Å². The summed E-state index contributed by atoms with van der Waals surface area (Å²) in [6, 6.07) is 18.4. The van der Waals surface area contributed by atoms with E-state index in [1.165, 1.54) is 22.9 Å². The first-order valence-electron chi connectivity index (χ1n) is 9.48. The Morgan fingerprint density at radius 2 is 1.66 bits per heavy atom. The van der Waals surface area contributed by atoms with Crippen LogP contribution in [0.3, 0.4) is 0 Å². The third-order valence-corrected chi connectivity index (χ3v) is 7.80. The number of carbonyl (C=O) groups excluding carboxylic acids is 1. The number of aromatic nitrogens is 2. The summed E-state index contributed by atoms with van der Waals surface area (Å²) in [4.78, 5) is 14.4. The number of para-hydroxylation sites is 1. The number of amides is 1. The molecule has 0 aliphatic heterocycles. The molecule has 0 radical (unpaired) electrons. The van der Waals surface area contributed by atoms with Crippen molar-refractivity contribution in [2.24, 2.45) is 0 Å². The fraction of sp³-hybridized carbons (Fsp3) is 0.318. The van der Waals surface area contributed by atoms with E-state index in [4.69, 9.17) is 0 Å². The van der Waals surface area contributed by atoms with Crippen LogP contribution in [-0.2, 0) is 10.5 Å². The van der Waals surface area contributed by atoms with Gasteiger partial charge in [0.1, 0.15) is 0 Å². The number of rotatable bonds is 8. The van der Waals surface area contributed by atoms with Gasteiger partial charge >= 0.3 is 0 Å². The fourth-order valence-corrected chi connectivity index (χ4v) is 5.91. The molecule has 29 heavy (non-hydrogen) atoms. The van der Waals surface area contributed by atoms with Crippen molar-refractivity contribution < 1.29 is 4.79 Å². The molecule has 0 spiro atoms. The second-order valence-electron chi connectivity index (χ2n) is 7.01. The van der Waals surface area contributed by atoms with Crippen molar-refractivity contribution in [2.45, 2.75) is 46.4 Å². The standard InChI is InChI=1S/C22H25N3OS3/c1-15(2)18-12-10-17(11-13-18)14-27-21-23-24-22(29-21)28-16(3)20(26)25(4)19-8-6-5-7-9-19/h5-13,15-16H,14H2,1-4H3. The molecule has 0 bridgehead atoms. The van der Waals surface area contributed by atoms with E-state index in [0.717, 1.165) is 20.1 Å². The van der Waals surface area contributed by atoms with Crippen LogP contribution in [0.5, 0.6) is 0 Å². The lowest BCUT2D eigenvalue weighted by molar-refractivity contribution is -0.117. The van der Waals surface area contributed by atoms with Crippen molar-refractivity contribution in [1.29, 1.82) is 0 Å². The summed E-state index contributed by atoms with van der Waals surface area (Å²) in [5.41, 5.74) is 3.52. The van der Waals surface area contributed by atoms with Gasteiger partial charge in [0.05, 0.1) is 5.25 Å². The molecule has 0 fully saturated rings. The van der Waals surface area contributed by atoms with Crippen LogP contribution in [-0.4, -0.2) is 28.4 Å². The molecule has 0 N–H and O–H groups in total. The molecule has 0 saturated heterocycles. The van der Waals surface area contributed by atoms with Gasteiger partial charge in [-0.05, 0) is 36.1 Å². The van der Waals surface area contributed by atoms with E-state index in [9.17, 15) is 4.79 Å². The number of thioether (sulfide) groups is 2. The van der Waals surface area contributed by atoms with Gasteiger partial charge < -0.3 is 4.90 Å². The maximum Gasteiger partial charge on any atom is 0.240 e. The highest BCUT2D eigenvalue weighted by molar-refractivity contribution is 8.03. The third-order valence-electron chi connectivity index (χ3n) is 4.50. The van der Waals surface area contributed by atoms with Crippen LogP contribution < -0.4 is 4.90 Å². The molecule has 3 rings (SSSR count). The molecule has 1 atom stereocenters. The van der Waals surface area contributed by atoms with E-state index in [1.54, 1.807) is 35.0 Å². The lowest BCUT2D eigenvalue weighted by Gasteiger charge is -2.20. The highest BCUT2D eigenvalue weighted by Crippen LogP contribution is 2.33. The van der Waals surface area contributed by atoms with E-state index in [0.29, 0.717) is 5.92 Å². The van der Waals surface area contributed by atoms with Crippen LogP contribution >= 0.6 is 34.9 Å². The highest BCUT2D eigenvalue weighted by atomic mass is 32.2. The maximum atomic E-state index is 12.7. The molecule has 1 heterocycles. The van der Waals surface area contributed by atoms with Crippen LogP contribution in [0, 0.1) is 0 Å². The largest absolute Gasteiger partial charge is 0.315 e. The molecule has 152 valence electrons. The zero-order chi connectivity index (χ0) is 20.8. The molecule has 1 aromatic heterocycles. The van der Waals surface area contributed by atoms with Crippen LogP contribution in [0.2, 0.25) is 0 Å². The van der Waals surface area contributed by atoms with Crippen molar-refractivity contribution in [2.75, 3.05) is 11.9 Å². The van der Waals surface area contributed by atoms with E-state index in [2.05, 4.69) is 48.3 Å². The molecule has 2 aromatic carbocycles. The van der Waals surface area contributed by atoms with E-state index >= 15 is 0 Å². The summed E-state index contributed by atoms with van der Waals surface area (Å²) in [5.74, 6) is 1.46. The zero-order valence-electron chi connectivity index (χ0n) is 17.0. The van der Waals surface area contributed by atoms with Gasteiger partial charge in [0.25, 0.3) is 0 Å². The third kappa shape index (κ3) is 6.07.